The van der Waals surface area contributed by atoms with Gasteiger partial charge in [-0.2, -0.15) is 0 Å². The van der Waals surface area contributed by atoms with Crippen LogP contribution in [0.4, 0.5) is 0 Å². The SMILES string of the molecule is Br.CC(C)Oc1cc(C(=O)CN2Cc3ccc(C4CC4)nc3C2=N)ccc1OCCCCC(=O)O. The van der Waals surface area contributed by atoms with E-state index in [9.17, 15) is 9.59 Å². The molecule has 1 aromatic carbocycles. The van der Waals surface area contributed by atoms with E-state index in [-0.39, 0.29) is 41.8 Å². The Balaban J connectivity index is 0.00000342. The molecule has 0 amide bonds. The molecule has 0 atom stereocenters. The average Bonchev–Trinajstić information content (AvgIpc) is 3.59. The van der Waals surface area contributed by atoms with Gasteiger partial charge in [0.05, 0.1) is 19.3 Å². The normalized spacial score (nSPS) is 14.5. The van der Waals surface area contributed by atoms with Crippen molar-refractivity contribution in [3.8, 4) is 11.5 Å². The zero-order valence-electron chi connectivity index (χ0n) is 20.1. The summed E-state index contributed by atoms with van der Waals surface area (Å²) in [5.41, 5.74) is 3.21. The minimum atomic E-state index is -0.819. The van der Waals surface area contributed by atoms with E-state index in [0.29, 0.717) is 60.5 Å². The van der Waals surface area contributed by atoms with E-state index >= 15 is 0 Å². The first-order valence-corrected chi connectivity index (χ1v) is 11.8. The number of benzene rings is 1. The summed E-state index contributed by atoms with van der Waals surface area (Å²) in [6, 6.07) is 9.19. The Hall–Kier alpha value is -2.94. The van der Waals surface area contributed by atoms with E-state index in [0.717, 1.165) is 24.1 Å². The lowest BCUT2D eigenvalue weighted by molar-refractivity contribution is -0.137. The number of nitrogens with zero attached hydrogens (tertiary/aromatic N) is 2. The zero-order valence-corrected chi connectivity index (χ0v) is 21.8. The molecule has 1 aliphatic carbocycles. The molecule has 1 saturated carbocycles. The quantitative estimate of drug-likeness (QED) is 0.285. The van der Waals surface area contributed by atoms with Crippen LogP contribution < -0.4 is 9.47 Å². The first-order valence-electron chi connectivity index (χ1n) is 11.8. The molecule has 0 unspecified atom stereocenters. The minimum absolute atomic E-state index is 0. The first-order chi connectivity index (χ1) is 16.3. The largest absolute Gasteiger partial charge is 0.490 e. The third-order valence-corrected chi connectivity index (χ3v) is 5.90. The zero-order chi connectivity index (χ0) is 24.2. The number of carbonyl (C=O) groups excluding carboxylic acids is 1. The highest BCUT2D eigenvalue weighted by atomic mass is 79.9. The molecule has 0 radical (unpaired) electrons. The molecule has 0 saturated heterocycles. The smallest absolute Gasteiger partial charge is 0.303 e. The first kappa shape index (κ1) is 26.7. The summed E-state index contributed by atoms with van der Waals surface area (Å²) in [4.78, 5) is 30.2. The van der Waals surface area contributed by atoms with Gasteiger partial charge in [-0.3, -0.25) is 15.0 Å². The van der Waals surface area contributed by atoms with Crippen molar-refractivity contribution < 1.29 is 24.2 Å². The standard InChI is InChI=1S/C26H31N3O5.BrH/c1-16(2)34-23-13-18(9-11-22(23)33-12-4-3-5-24(31)32)21(30)15-29-14-19-8-10-20(17-6-7-17)28-25(19)26(29)27;/h8-11,13,16-17,27H,3-7,12,14-15H2,1-2H3,(H,31,32);1H. The molecule has 4 rings (SSSR count). The van der Waals surface area contributed by atoms with Crippen molar-refractivity contribution >= 4 is 34.6 Å². The van der Waals surface area contributed by atoms with Crippen molar-refractivity contribution in [2.45, 2.75) is 64.5 Å². The van der Waals surface area contributed by atoms with Gasteiger partial charge in [0.25, 0.3) is 0 Å². The maximum atomic E-state index is 13.1. The molecule has 2 aromatic rings. The Morgan fingerprint density at radius 1 is 1.17 bits per heavy atom. The fourth-order valence-electron chi connectivity index (χ4n) is 3.98. The molecule has 1 fully saturated rings. The van der Waals surface area contributed by atoms with E-state index < -0.39 is 5.97 Å². The summed E-state index contributed by atoms with van der Waals surface area (Å²) in [6.07, 6.45) is 3.47. The predicted molar refractivity (Wildman–Crippen MR) is 137 cm³/mol. The fraction of sp³-hybridized carbons (Fsp3) is 0.462. The molecule has 35 heavy (non-hydrogen) atoms. The molecular weight excluding hydrogens is 514 g/mol. The number of pyridine rings is 1. The van der Waals surface area contributed by atoms with Crippen LogP contribution in [0, 0.1) is 5.41 Å². The number of Topliss-reactive ketones (excluding diaryl/α,β-unsaturated/α-hetero) is 1. The van der Waals surface area contributed by atoms with Crippen molar-refractivity contribution in [2.24, 2.45) is 0 Å². The van der Waals surface area contributed by atoms with Crippen molar-refractivity contribution in [3.63, 3.8) is 0 Å². The topological polar surface area (TPSA) is 113 Å². The fourth-order valence-corrected chi connectivity index (χ4v) is 3.98. The molecule has 2 heterocycles. The molecule has 9 heteroatoms. The Bertz CT molecular complexity index is 1100. The van der Waals surface area contributed by atoms with E-state index in [1.165, 1.54) is 0 Å². The van der Waals surface area contributed by atoms with E-state index in [1.807, 2.05) is 26.0 Å². The molecule has 0 bridgehead atoms. The second kappa shape index (κ2) is 11.7. The van der Waals surface area contributed by atoms with E-state index in [4.69, 9.17) is 20.0 Å². The van der Waals surface area contributed by atoms with Crippen LogP contribution in [0.25, 0.3) is 0 Å². The van der Waals surface area contributed by atoms with Crippen LogP contribution in [0.2, 0.25) is 0 Å². The lowest BCUT2D eigenvalue weighted by Gasteiger charge is -2.18. The number of ether oxygens (including phenoxy) is 2. The van der Waals surface area contributed by atoms with Gasteiger partial charge in [-0.05, 0) is 63.8 Å². The van der Waals surface area contributed by atoms with Gasteiger partial charge >= 0.3 is 5.97 Å². The molecule has 1 aromatic heterocycles. The Kier molecular flexibility index (Phi) is 8.88. The molecule has 2 aliphatic rings. The third kappa shape index (κ3) is 6.81. The van der Waals surface area contributed by atoms with Gasteiger partial charge in [0, 0.05) is 35.7 Å². The van der Waals surface area contributed by atoms with Crippen molar-refractivity contribution in [1.29, 1.82) is 5.41 Å². The minimum Gasteiger partial charge on any atom is -0.490 e. The average molecular weight is 546 g/mol. The van der Waals surface area contributed by atoms with Gasteiger partial charge in [-0.1, -0.05) is 6.07 Å². The number of ketones is 1. The Morgan fingerprint density at radius 3 is 2.63 bits per heavy atom. The highest BCUT2D eigenvalue weighted by Gasteiger charge is 2.31. The van der Waals surface area contributed by atoms with Gasteiger partial charge in [0.15, 0.2) is 17.3 Å². The number of fused-ring (bicyclic) bond motifs is 1. The summed E-state index contributed by atoms with van der Waals surface area (Å²) < 4.78 is 11.7. The number of nitrogens with one attached hydrogen (secondary N) is 1. The molecule has 1 aliphatic heterocycles. The maximum Gasteiger partial charge on any atom is 0.303 e. The van der Waals surface area contributed by atoms with Crippen LogP contribution >= 0.6 is 17.0 Å². The van der Waals surface area contributed by atoms with Crippen LogP contribution in [0.3, 0.4) is 0 Å². The number of carboxylic acids is 1. The third-order valence-electron chi connectivity index (χ3n) is 5.90. The lowest BCUT2D eigenvalue weighted by atomic mass is 10.1. The molecule has 0 spiro atoms. The molecule has 188 valence electrons. The van der Waals surface area contributed by atoms with Gasteiger partial charge in [-0.25, -0.2) is 4.98 Å². The lowest BCUT2D eigenvalue weighted by Crippen LogP contribution is -2.30. The van der Waals surface area contributed by atoms with Crippen molar-refractivity contribution in [3.05, 3.63) is 52.8 Å². The van der Waals surface area contributed by atoms with Crippen LogP contribution in [0.5, 0.6) is 11.5 Å². The Morgan fingerprint density at radius 2 is 1.94 bits per heavy atom. The monoisotopic (exact) mass is 545 g/mol. The van der Waals surface area contributed by atoms with Gasteiger partial charge in [-0.15, -0.1) is 17.0 Å². The van der Waals surface area contributed by atoms with Crippen LogP contribution in [-0.2, 0) is 11.3 Å². The predicted octanol–water partition coefficient (Wildman–Crippen LogP) is 4.98. The number of hydrogen-bond acceptors (Lipinski definition) is 6. The number of hydrogen-bond donors (Lipinski definition) is 2. The van der Waals surface area contributed by atoms with Crippen molar-refractivity contribution in [2.75, 3.05) is 13.2 Å². The number of amidine groups is 1. The maximum absolute atomic E-state index is 13.1. The van der Waals surface area contributed by atoms with Crippen LogP contribution in [-0.4, -0.2) is 51.8 Å². The van der Waals surface area contributed by atoms with Crippen LogP contribution in [0.15, 0.2) is 30.3 Å². The van der Waals surface area contributed by atoms with Gasteiger partial charge in [0.1, 0.15) is 11.5 Å². The number of rotatable bonds is 12. The summed E-state index contributed by atoms with van der Waals surface area (Å²) in [5, 5.41) is 17.3. The van der Waals surface area contributed by atoms with Crippen molar-refractivity contribution in [1.82, 2.24) is 9.88 Å². The number of halogens is 1. The summed E-state index contributed by atoms with van der Waals surface area (Å²) in [5.74, 6) is 0.895. The van der Waals surface area contributed by atoms with Crippen LogP contribution in [0.1, 0.15) is 79.2 Å². The molecule has 8 nitrogen and oxygen atoms in total. The van der Waals surface area contributed by atoms with E-state index in [1.54, 1.807) is 23.1 Å². The summed E-state index contributed by atoms with van der Waals surface area (Å²) >= 11 is 0. The van der Waals surface area contributed by atoms with Gasteiger partial charge < -0.3 is 19.5 Å². The molecule has 2 N–H and O–H groups in total. The van der Waals surface area contributed by atoms with E-state index in [2.05, 4.69) is 4.98 Å². The number of unbranched alkanes of at least 4 members (excludes halogenated alkanes) is 1. The molecular formula is C26H32BrN3O5. The highest BCUT2D eigenvalue weighted by molar-refractivity contribution is 8.93. The number of aliphatic carboxylic acids is 1. The second-order valence-corrected chi connectivity index (χ2v) is 9.17. The highest BCUT2D eigenvalue weighted by Crippen LogP contribution is 2.39. The van der Waals surface area contributed by atoms with Gasteiger partial charge in [0.2, 0.25) is 0 Å². The summed E-state index contributed by atoms with van der Waals surface area (Å²) in [6.45, 7) is 4.76. The summed E-state index contributed by atoms with van der Waals surface area (Å²) in [7, 11) is 0. The number of carboxylic acid groups (broad SMARTS) is 1. The number of aromatic nitrogens is 1. The second-order valence-electron chi connectivity index (χ2n) is 9.17. The Labute approximate surface area is 215 Å². The number of carbonyl (C=O) groups is 2.